The lowest BCUT2D eigenvalue weighted by Gasteiger charge is -2.46. The molecule has 1 fully saturated rings. The SMILES string of the molecule is Cc1cc2c3c(c1)N(c1ccc(C(C)(C)C)cc1-c1ccccc1)c1cc(-c4ccccc4)ccc1B3c1ccc(N3c4ccccc4C4(C)CCCC34C)cc1N2c1ccc(C(C)(C)C)cc1. The quantitative estimate of drug-likeness (QED) is 0.159. The van der Waals surface area contributed by atoms with Gasteiger partial charge in [0.05, 0.1) is 11.2 Å². The van der Waals surface area contributed by atoms with E-state index in [0.717, 1.165) is 6.42 Å². The summed E-state index contributed by atoms with van der Waals surface area (Å²) in [6, 6.07) is 67.5. The molecule has 1 saturated carbocycles. The van der Waals surface area contributed by atoms with Gasteiger partial charge in [0, 0.05) is 50.8 Å². The van der Waals surface area contributed by atoms with Crippen LogP contribution in [0.1, 0.15) is 96.9 Å². The number of fused-ring (bicyclic) bond motifs is 7. The molecular formula is C64H62BN3. The number of anilines is 8. The first-order chi connectivity index (χ1) is 32.6. The van der Waals surface area contributed by atoms with Crippen LogP contribution in [0.15, 0.2) is 176 Å². The Labute approximate surface area is 405 Å². The maximum absolute atomic E-state index is 2.72. The molecular weight excluding hydrogens is 822 g/mol. The van der Waals surface area contributed by atoms with Gasteiger partial charge in [-0.25, -0.2) is 0 Å². The van der Waals surface area contributed by atoms with E-state index in [1.54, 1.807) is 0 Å². The second kappa shape index (κ2) is 15.1. The van der Waals surface area contributed by atoms with E-state index in [1.807, 2.05) is 0 Å². The minimum absolute atomic E-state index is 0.00181. The Bertz CT molecular complexity index is 3290. The summed E-state index contributed by atoms with van der Waals surface area (Å²) in [6.45, 7) is 21.2. The largest absolute Gasteiger partial charge is 0.334 e. The molecule has 336 valence electrons. The third kappa shape index (κ3) is 6.32. The molecule has 8 aromatic carbocycles. The number of hydrogen-bond donors (Lipinski definition) is 0. The van der Waals surface area contributed by atoms with Gasteiger partial charge in [-0.2, -0.15) is 0 Å². The van der Waals surface area contributed by atoms with Crippen molar-refractivity contribution in [2.75, 3.05) is 14.7 Å². The van der Waals surface area contributed by atoms with Crippen LogP contribution >= 0.6 is 0 Å². The van der Waals surface area contributed by atoms with Crippen molar-refractivity contribution in [3.63, 3.8) is 0 Å². The summed E-state index contributed by atoms with van der Waals surface area (Å²) >= 11 is 0. The zero-order valence-electron chi connectivity index (χ0n) is 41.3. The molecule has 2 atom stereocenters. The highest BCUT2D eigenvalue weighted by Gasteiger charge is 2.59. The number of rotatable bonds is 5. The lowest BCUT2D eigenvalue weighted by Crippen LogP contribution is -2.61. The average Bonchev–Trinajstić information content (AvgIpc) is 3.74. The monoisotopic (exact) mass is 884 g/mol. The minimum atomic E-state index is -0.0365. The first-order valence-corrected chi connectivity index (χ1v) is 24.9. The summed E-state index contributed by atoms with van der Waals surface area (Å²) in [6.07, 6.45) is 3.60. The van der Waals surface area contributed by atoms with Crippen molar-refractivity contribution in [3.8, 4) is 22.3 Å². The Morgan fingerprint density at radius 1 is 0.456 bits per heavy atom. The molecule has 0 spiro atoms. The fraction of sp³-hybridized carbons (Fsp3) is 0.250. The van der Waals surface area contributed by atoms with E-state index in [1.165, 1.54) is 119 Å². The maximum atomic E-state index is 2.72. The fourth-order valence-electron chi connectivity index (χ4n) is 12.7. The Morgan fingerprint density at radius 2 is 1.04 bits per heavy atom. The van der Waals surface area contributed by atoms with Crippen molar-refractivity contribution < 1.29 is 0 Å². The second-order valence-electron chi connectivity index (χ2n) is 22.7. The Balaban J connectivity index is 1.15. The molecule has 0 amide bonds. The van der Waals surface area contributed by atoms with Crippen molar-refractivity contribution in [2.45, 2.75) is 103 Å². The normalized spacial score (nSPS) is 19.1. The van der Waals surface area contributed by atoms with E-state index >= 15 is 0 Å². The second-order valence-corrected chi connectivity index (χ2v) is 22.7. The molecule has 2 unspecified atom stereocenters. The summed E-state index contributed by atoms with van der Waals surface area (Å²) < 4.78 is 0. The van der Waals surface area contributed by atoms with Gasteiger partial charge in [-0.05, 0) is 154 Å². The van der Waals surface area contributed by atoms with Gasteiger partial charge in [0.1, 0.15) is 0 Å². The van der Waals surface area contributed by atoms with Crippen LogP contribution in [-0.2, 0) is 16.2 Å². The van der Waals surface area contributed by atoms with Crippen LogP contribution in [-0.4, -0.2) is 12.3 Å². The Morgan fingerprint density at radius 3 is 1.74 bits per heavy atom. The summed E-state index contributed by atoms with van der Waals surface area (Å²) in [4.78, 5) is 7.94. The van der Waals surface area contributed by atoms with E-state index in [9.17, 15) is 0 Å². The minimum Gasteiger partial charge on any atom is -0.334 e. The highest BCUT2D eigenvalue weighted by Crippen LogP contribution is 2.62. The highest BCUT2D eigenvalue weighted by molar-refractivity contribution is 7.00. The van der Waals surface area contributed by atoms with E-state index < -0.39 is 0 Å². The van der Waals surface area contributed by atoms with Gasteiger partial charge in [0.25, 0.3) is 6.71 Å². The van der Waals surface area contributed by atoms with E-state index in [-0.39, 0.29) is 28.5 Å². The van der Waals surface area contributed by atoms with Gasteiger partial charge in [0.15, 0.2) is 0 Å². The third-order valence-electron chi connectivity index (χ3n) is 16.5. The molecule has 0 saturated heterocycles. The zero-order chi connectivity index (χ0) is 46.9. The van der Waals surface area contributed by atoms with Crippen LogP contribution in [0.4, 0.5) is 45.5 Å². The first-order valence-electron chi connectivity index (χ1n) is 24.9. The van der Waals surface area contributed by atoms with Crippen molar-refractivity contribution >= 4 is 68.6 Å². The predicted molar refractivity (Wildman–Crippen MR) is 292 cm³/mol. The molecule has 12 rings (SSSR count). The number of para-hydroxylation sites is 1. The topological polar surface area (TPSA) is 9.72 Å². The smallest absolute Gasteiger partial charge is 0.252 e. The summed E-state index contributed by atoms with van der Waals surface area (Å²) in [5.41, 5.74) is 24.2. The van der Waals surface area contributed by atoms with Crippen molar-refractivity contribution in [1.29, 1.82) is 0 Å². The van der Waals surface area contributed by atoms with Gasteiger partial charge in [0.2, 0.25) is 0 Å². The molecule has 4 aliphatic rings. The standard InChI is InChI=1S/C64H62BN3/c1-42-37-58-60-59(38-42)67(54-34-28-47(62(5,6)7)40-50(54)44-21-14-11-15-22-44)56-39-45(43-19-12-10-13-20-43)25-32-52(56)65(60)53-33-31-49(41-57(53)66(58)48-29-26-46(27-30-48)61(2,3)4)68-55-24-17-16-23-51(55)63(8)35-18-36-64(63,68)9/h10-17,19-34,37-41H,18,35-36H2,1-9H3. The predicted octanol–water partition coefficient (Wildman–Crippen LogP) is 15.4. The zero-order valence-corrected chi connectivity index (χ0v) is 41.3. The van der Waals surface area contributed by atoms with Gasteiger partial charge in [-0.15, -0.1) is 0 Å². The molecule has 3 heterocycles. The Kier molecular flexibility index (Phi) is 9.46. The van der Waals surface area contributed by atoms with Crippen LogP contribution < -0.4 is 31.1 Å². The molecule has 1 aliphatic carbocycles. The molecule has 0 radical (unpaired) electrons. The van der Waals surface area contributed by atoms with Crippen LogP contribution in [0.3, 0.4) is 0 Å². The fourth-order valence-corrected chi connectivity index (χ4v) is 12.7. The number of benzene rings is 8. The van der Waals surface area contributed by atoms with E-state index in [4.69, 9.17) is 0 Å². The molecule has 4 heteroatoms. The maximum Gasteiger partial charge on any atom is 0.252 e. The van der Waals surface area contributed by atoms with Crippen LogP contribution in [0.2, 0.25) is 0 Å². The average molecular weight is 884 g/mol. The van der Waals surface area contributed by atoms with Crippen LogP contribution in [0, 0.1) is 6.92 Å². The molecule has 8 aromatic rings. The number of nitrogens with zero attached hydrogens (tertiary/aromatic N) is 3. The number of aryl methyl sites for hydroxylation is 1. The molecule has 0 aromatic heterocycles. The first kappa shape index (κ1) is 42.6. The van der Waals surface area contributed by atoms with Crippen LogP contribution in [0.5, 0.6) is 0 Å². The van der Waals surface area contributed by atoms with Gasteiger partial charge >= 0.3 is 0 Å². The molecule has 3 aliphatic heterocycles. The van der Waals surface area contributed by atoms with Crippen molar-refractivity contribution in [3.05, 3.63) is 198 Å². The molecule has 68 heavy (non-hydrogen) atoms. The molecule has 3 nitrogen and oxygen atoms in total. The van der Waals surface area contributed by atoms with Crippen LogP contribution in [0.25, 0.3) is 22.3 Å². The van der Waals surface area contributed by atoms with Gasteiger partial charge < -0.3 is 14.7 Å². The summed E-state index contributed by atoms with van der Waals surface area (Å²) in [5, 5.41) is 0. The highest BCUT2D eigenvalue weighted by atomic mass is 15.3. The van der Waals surface area contributed by atoms with Gasteiger partial charge in [-0.3, -0.25) is 0 Å². The van der Waals surface area contributed by atoms with E-state index in [2.05, 4.69) is 253 Å². The van der Waals surface area contributed by atoms with E-state index in [0.29, 0.717) is 0 Å². The summed E-state index contributed by atoms with van der Waals surface area (Å²) in [5.74, 6) is 0. The number of hydrogen-bond acceptors (Lipinski definition) is 3. The summed E-state index contributed by atoms with van der Waals surface area (Å²) in [7, 11) is 0. The third-order valence-corrected chi connectivity index (χ3v) is 16.5. The molecule has 0 N–H and O–H groups in total. The van der Waals surface area contributed by atoms with Crippen molar-refractivity contribution in [2.24, 2.45) is 0 Å². The van der Waals surface area contributed by atoms with Gasteiger partial charge in [-0.1, -0.05) is 170 Å². The lowest BCUT2D eigenvalue weighted by molar-refractivity contribution is 0.330. The lowest BCUT2D eigenvalue weighted by atomic mass is 9.33. The molecule has 0 bridgehead atoms. The van der Waals surface area contributed by atoms with Crippen molar-refractivity contribution in [1.82, 2.24) is 0 Å². The Hall–Kier alpha value is -6.78.